The van der Waals surface area contributed by atoms with Crippen molar-refractivity contribution in [3.05, 3.63) is 64.7 Å². The van der Waals surface area contributed by atoms with Gasteiger partial charge < -0.3 is 15.0 Å². The number of ether oxygens (including phenoxy) is 1. The van der Waals surface area contributed by atoms with E-state index in [2.05, 4.69) is 5.32 Å². The van der Waals surface area contributed by atoms with Crippen LogP contribution in [-0.2, 0) is 11.3 Å². The Balaban J connectivity index is 1.54. The minimum absolute atomic E-state index is 0.0786. The molecule has 0 saturated carbocycles. The molecule has 0 bridgehead atoms. The fourth-order valence-corrected chi connectivity index (χ4v) is 3.63. The van der Waals surface area contributed by atoms with Crippen LogP contribution in [0, 0.1) is 6.92 Å². The summed E-state index contributed by atoms with van der Waals surface area (Å²) in [4.78, 5) is 27.4. The fraction of sp³-hybridized carbons (Fsp3) is 0.333. The Morgan fingerprint density at radius 2 is 2.04 bits per heavy atom. The van der Waals surface area contributed by atoms with E-state index in [0.717, 1.165) is 36.3 Å². The SMILES string of the molecule is Cc1ccc(NC(=O)c2cccc3c2C(=O)N(CC2CCCO2)C3)cc1. The Hall–Kier alpha value is -2.66. The number of benzene rings is 2. The van der Waals surface area contributed by atoms with Crippen molar-refractivity contribution in [1.29, 1.82) is 0 Å². The van der Waals surface area contributed by atoms with Crippen molar-refractivity contribution in [3.63, 3.8) is 0 Å². The van der Waals surface area contributed by atoms with Gasteiger partial charge in [0, 0.05) is 25.4 Å². The Morgan fingerprint density at radius 3 is 2.77 bits per heavy atom. The van der Waals surface area contributed by atoms with E-state index >= 15 is 0 Å². The van der Waals surface area contributed by atoms with Crippen molar-refractivity contribution in [2.24, 2.45) is 0 Å². The summed E-state index contributed by atoms with van der Waals surface area (Å²) in [7, 11) is 0. The molecule has 1 unspecified atom stereocenters. The van der Waals surface area contributed by atoms with Gasteiger partial charge in [0.2, 0.25) is 0 Å². The molecule has 4 rings (SSSR count). The third kappa shape index (κ3) is 3.22. The fourth-order valence-electron chi connectivity index (χ4n) is 3.63. The second-order valence-corrected chi connectivity index (χ2v) is 6.98. The summed E-state index contributed by atoms with van der Waals surface area (Å²) in [5, 5.41) is 2.89. The lowest BCUT2D eigenvalue weighted by Crippen LogP contribution is -2.32. The van der Waals surface area contributed by atoms with Crippen LogP contribution >= 0.6 is 0 Å². The van der Waals surface area contributed by atoms with Crippen LogP contribution in [0.2, 0.25) is 0 Å². The molecule has 2 heterocycles. The molecule has 0 aliphatic carbocycles. The number of amides is 2. The molecule has 0 aromatic heterocycles. The van der Waals surface area contributed by atoms with Crippen molar-refractivity contribution in [2.75, 3.05) is 18.5 Å². The van der Waals surface area contributed by atoms with E-state index < -0.39 is 0 Å². The zero-order valence-corrected chi connectivity index (χ0v) is 14.8. The van der Waals surface area contributed by atoms with Gasteiger partial charge in [0.05, 0.1) is 17.2 Å². The van der Waals surface area contributed by atoms with E-state index in [4.69, 9.17) is 4.74 Å². The average molecular weight is 350 g/mol. The molecule has 0 radical (unpaired) electrons. The highest BCUT2D eigenvalue weighted by atomic mass is 16.5. The predicted molar refractivity (Wildman–Crippen MR) is 99.3 cm³/mol. The molecule has 1 N–H and O–H groups in total. The van der Waals surface area contributed by atoms with E-state index in [1.807, 2.05) is 43.3 Å². The van der Waals surface area contributed by atoms with Crippen molar-refractivity contribution in [1.82, 2.24) is 4.90 Å². The number of nitrogens with one attached hydrogen (secondary N) is 1. The van der Waals surface area contributed by atoms with Gasteiger partial charge in [-0.2, -0.15) is 0 Å². The number of hydrogen-bond donors (Lipinski definition) is 1. The average Bonchev–Trinajstić information content (AvgIpc) is 3.26. The normalized spacial score (nSPS) is 18.9. The van der Waals surface area contributed by atoms with E-state index in [1.165, 1.54) is 0 Å². The molecular weight excluding hydrogens is 328 g/mol. The smallest absolute Gasteiger partial charge is 0.256 e. The molecule has 1 atom stereocenters. The first-order valence-electron chi connectivity index (χ1n) is 9.02. The Kier molecular flexibility index (Phi) is 4.47. The molecule has 1 fully saturated rings. The number of anilines is 1. The number of nitrogens with zero attached hydrogens (tertiary/aromatic N) is 1. The quantitative estimate of drug-likeness (QED) is 0.920. The summed E-state index contributed by atoms with van der Waals surface area (Å²) in [5.74, 6) is -0.330. The summed E-state index contributed by atoms with van der Waals surface area (Å²) in [5.41, 5.74) is 3.71. The molecule has 1 saturated heterocycles. The molecule has 2 aromatic rings. The van der Waals surface area contributed by atoms with E-state index in [9.17, 15) is 9.59 Å². The Bertz CT molecular complexity index is 839. The second-order valence-electron chi connectivity index (χ2n) is 6.98. The second kappa shape index (κ2) is 6.92. The van der Waals surface area contributed by atoms with Crippen molar-refractivity contribution >= 4 is 17.5 Å². The summed E-state index contributed by atoms with van der Waals surface area (Å²) in [6, 6.07) is 13.1. The number of aryl methyl sites for hydroxylation is 1. The Morgan fingerprint density at radius 1 is 1.23 bits per heavy atom. The lowest BCUT2D eigenvalue weighted by atomic mass is 10.0. The molecule has 2 aliphatic rings. The Labute approximate surface area is 153 Å². The van der Waals surface area contributed by atoms with Crippen LogP contribution < -0.4 is 5.32 Å². The number of carbonyl (C=O) groups excluding carboxylic acids is 2. The third-order valence-corrected chi connectivity index (χ3v) is 5.02. The molecule has 2 aliphatic heterocycles. The van der Waals surface area contributed by atoms with Gasteiger partial charge in [0.15, 0.2) is 0 Å². The molecule has 2 amide bonds. The minimum atomic E-state index is -0.252. The molecular formula is C21H22N2O3. The summed E-state index contributed by atoms with van der Waals surface area (Å²) >= 11 is 0. The van der Waals surface area contributed by atoms with E-state index in [1.54, 1.807) is 11.0 Å². The lowest BCUT2D eigenvalue weighted by Gasteiger charge is -2.19. The van der Waals surface area contributed by atoms with Crippen LogP contribution in [0.4, 0.5) is 5.69 Å². The summed E-state index contributed by atoms with van der Waals surface area (Å²) in [6.45, 7) is 3.90. The third-order valence-electron chi connectivity index (χ3n) is 5.02. The van der Waals surface area contributed by atoms with Crippen LogP contribution in [0.3, 0.4) is 0 Å². The first kappa shape index (κ1) is 16.8. The number of carbonyl (C=O) groups is 2. The monoisotopic (exact) mass is 350 g/mol. The highest BCUT2D eigenvalue weighted by Crippen LogP contribution is 2.28. The van der Waals surface area contributed by atoms with Gasteiger partial charge in [0.1, 0.15) is 0 Å². The van der Waals surface area contributed by atoms with Crippen LogP contribution in [-0.4, -0.2) is 36.0 Å². The molecule has 5 nitrogen and oxygen atoms in total. The molecule has 134 valence electrons. The zero-order chi connectivity index (χ0) is 18.1. The zero-order valence-electron chi connectivity index (χ0n) is 14.8. The number of hydrogen-bond acceptors (Lipinski definition) is 3. The van der Waals surface area contributed by atoms with E-state index in [0.29, 0.717) is 24.2 Å². The number of fused-ring (bicyclic) bond motifs is 1. The van der Waals surface area contributed by atoms with Crippen LogP contribution in [0.1, 0.15) is 44.7 Å². The minimum Gasteiger partial charge on any atom is -0.376 e. The van der Waals surface area contributed by atoms with Gasteiger partial charge in [-0.05, 0) is 43.5 Å². The van der Waals surface area contributed by atoms with Crippen LogP contribution in [0.15, 0.2) is 42.5 Å². The van der Waals surface area contributed by atoms with Crippen LogP contribution in [0.5, 0.6) is 0 Å². The lowest BCUT2D eigenvalue weighted by molar-refractivity contribution is 0.0544. The first-order chi connectivity index (χ1) is 12.6. The summed E-state index contributed by atoms with van der Waals surface area (Å²) < 4.78 is 5.66. The van der Waals surface area contributed by atoms with Crippen molar-refractivity contribution in [3.8, 4) is 0 Å². The summed E-state index contributed by atoms with van der Waals surface area (Å²) in [6.07, 6.45) is 2.14. The van der Waals surface area contributed by atoms with Crippen LogP contribution in [0.25, 0.3) is 0 Å². The van der Waals surface area contributed by atoms with Gasteiger partial charge >= 0.3 is 0 Å². The molecule has 5 heteroatoms. The van der Waals surface area contributed by atoms with E-state index in [-0.39, 0.29) is 17.9 Å². The maximum atomic E-state index is 12.9. The number of rotatable bonds is 4. The van der Waals surface area contributed by atoms with Gasteiger partial charge in [-0.25, -0.2) is 0 Å². The predicted octanol–water partition coefficient (Wildman–Crippen LogP) is 3.38. The van der Waals surface area contributed by atoms with Crippen molar-refractivity contribution < 1.29 is 14.3 Å². The highest BCUT2D eigenvalue weighted by molar-refractivity contribution is 6.13. The van der Waals surface area contributed by atoms with Crippen molar-refractivity contribution in [2.45, 2.75) is 32.4 Å². The first-order valence-corrected chi connectivity index (χ1v) is 9.02. The molecule has 0 spiro atoms. The maximum absolute atomic E-state index is 12.9. The maximum Gasteiger partial charge on any atom is 0.256 e. The van der Waals surface area contributed by atoms with Gasteiger partial charge in [-0.3, -0.25) is 9.59 Å². The molecule has 2 aromatic carbocycles. The molecule has 26 heavy (non-hydrogen) atoms. The van der Waals surface area contributed by atoms with Gasteiger partial charge in [-0.15, -0.1) is 0 Å². The van der Waals surface area contributed by atoms with Gasteiger partial charge in [-0.1, -0.05) is 29.8 Å². The highest BCUT2D eigenvalue weighted by Gasteiger charge is 2.33. The van der Waals surface area contributed by atoms with Gasteiger partial charge in [0.25, 0.3) is 11.8 Å². The standard InChI is InChI=1S/C21H22N2O3/c1-14-7-9-16(10-8-14)22-20(24)18-6-2-4-15-12-23(21(25)19(15)18)13-17-5-3-11-26-17/h2,4,6-10,17H,3,5,11-13H2,1H3,(H,22,24). The largest absolute Gasteiger partial charge is 0.376 e. The topological polar surface area (TPSA) is 58.6 Å².